The second-order valence-electron chi connectivity index (χ2n) is 4.78. The van der Waals surface area contributed by atoms with E-state index < -0.39 is 9.76 Å². The maximum absolute atomic E-state index is 5.81. The lowest BCUT2D eigenvalue weighted by Crippen LogP contribution is -1.99. The van der Waals surface area contributed by atoms with E-state index in [-0.39, 0.29) is 0 Å². The van der Waals surface area contributed by atoms with Crippen LogP contribution in [0.2, 0.25) is 0 Å². The molecule has 0 atom stereocenters. The van der Waals surface area contributed by atoms with Gasteiger partial charge < -0.3 is 4.43 Å². The highest BCUT2D eigenvalue weighted by atomic mass is 28.2. The molecule has 0 aliphatic heterocycles. The van der Waals surface area contributed by atoms with Crippen LogP contribution in [0.3, 0.4) is 0 Å². The van der Waals surface area contributed by atoms with Crippen LogP contribution in [0, 0.1) is 0 Å². The number of benzene rings is 2. The summed E-state index contributed by atoms with van der Waals surface area (Å²) in [4.78, 5) is 0. The monoisotopic (exact) mass is 282 g/mol. The predicted molar refractivity (Wildman–Crippen MR) is 89.4 cm³/mol. The quantitative estimate of drug-likeness (QED) is 0.551. The van der Waals surface area contributed by atoms with E-state index in [9.17, 15) is 0 Å². The number of unbranched alkanes of at least 4 members (excludes halogenated alkanes) is 1. The molecule has 0 unspecified atom stereocenters. The molecule has 0 N–H and O–H groups in total. The van der Waals surface area contributed by atoms with E-state index in [2.05, 4.69) is 73.3 Å². The molecule has 0 aromatic heterocycles. The summed E-state index contributed by atoms with van der Waals surface area (Å²) in [6, 6.07) is 21.1. The molecule has 0 spiro atoms. The first-order valence-electron chi connectivity index (χ1n) is 7.30. The smallest absolute Gasteiger partial charge is 0.185 e. The van der Waals surface area contributed by atoms with Crippen molar-refractivity contribution >= 4 is 15.3 Å². The largest absolute Gasteiger partial charge is 0.419 e. The fraction of sp³-hybridized carbons (Fsp3) is 0.222. The Balaban J connectivity index is 2.15. The van der Waals surface area contributed by atoms with Gasteiger partial charge in [-0.25, -0.2) is 0 Å². The van der Waals surface area contributed by atoms with Crippen LogP contribution in [-0.4, -0.2) is 16.4 Å². The topological polar surface area (TPSA) is 9.23 Å². The molecule has 20 heavy (non-hydrogen) atoms. The van der Waals surface area contributed by atoms with Crippen LogP contribution in [0.25, 0.3) is 5.57 Å². The van der Waals surface area contributed by atoms with Gasteiger partial charge in [0.2, 0.25) is 0 Å². The van der Waals surface area contributed by atoms with E-state index in [0.29, 0.717) is 0 Å². The highest BCUT2D eigenvalue weighted by Crippen LogP contribution is 2.22. The Morgan fingerprint density at radius 2 is 1.50 bits per heavy atom. The molecule has 0 aliphatic carbocycles. The summed E-state index contributed by atoms with van der Waals surface area (Å²) in [6.45, 7) is 3.09. The normalized spacial score (nSPS) is 10.8. The van der Waals surface area contributed by atoms with Crippen LogP contribution in [0.1, 0.15) is 30.9 Å². The first kappa shape index (κ1) is 14.8. The van der Waals surface area contributed by atoms with Crippen LogP contribution >= 0.6 is 0 Å². The Bertz CT molecular complexity index is 478. The summed E-state index contributed by atoms with van der Waals surface area (Å²) in [7, 11) is -0.606. The minimum atomic E-state index is -0.606. The van der Waals surface area contributed by atoms with Gasteiger partial charge in [0.25, 0.3) is 0 Å². The highest BCUT2D eigenvalue weighted by Gasteiger charge is 2.03. The third-order valence-electron chi connectivity index (χ3n) is 3.22. The lowest BCUT2D eigenvalue weighted by atomic mass is 10.00. The first-order valence-corrected chi connectivity index (χ1v) is 8.70. The van der Waals surface area contributed by atoms with Crippen molar-refractivity contribution < 1.29 is 4.43 Å². The van der Waals surface area contributed by atoms with E-state index in [0.717, 1.165) is 13.0 Å². The van der Waals surface area contributed by atoms with Crippen LogP contribution in [0.5, 0.6) is 0 Å². The molecule has 1 nitrogen and oxygen atoms in total. The highest BCUT2D eigenvalue weighted by molar-refractivity contribution is 6.37. The molecule has 2 aromatic rings. The molecule has 0 heterocycles. The molecule has 2 aromatic carbocycles. The van der Waals surface area contributed by atoms with Crippen LogP contribution in [0.4, 0.5) is 0 Å². The van der Waals surface area contributed by atoms with Gasteiger partial charge in [0.15, 0.2) is 9.76 Å². The minimum Gasteiger partial charge on any atom is -0.419 e. The second-order valence-corrected chi connectivity index (χ2v) is 5.93. The third kappa shape index (κ3) is 4.48. The van der Waals surface area contributed by atoms with Crippen molar-refractivity contribution in [3.05, 3.63) is 77.5 Å². The van der Waals surface area contributed by atoms with Crippen molar-refractivity contribution in [1.82, 2.24) is 0 Å². The van der Waals surface area contributed by atoms with Crippen molar-refractivity contribution in [2.45, 2.75) is 19.8 Å². The van der Waals surface area contributed by atoms with E-state index in [4.69, 9.17) is 4.43 Å². The fourth-order valence-electron chi connectivity index (χ4n) is 2.11. The number of rotatable bonds is 7. The zero-order chi connectivity index (χ0) is 14.0. The van der Waals surface area contributed by atoms with Gasteiger partial charge in [0.1, 0.15) is 0 Å². The van der Waals surface area contributed by atoms with E-state index in [1.54, 1.807) is 0 Å². The van der Waals surface area contributed by atoms with Crippen molar-refractivity contribution in [1.29, 1.82) is 0 Å². The van der Waals surface area contributed by atoms with Gasteiger partial charge in [0, 0.05) is 6.61 Å². The van der Waals surface area contributed by atoms with Gasteiger partial charge in [0.05, 0.1) is 0 Å². The van der Waals surface area contributed by atoms with Crippen LogP contribution in [0.15, 0.2) is 66.4 Å². The van der Waals surface area contributed by atoms with Crippen molar-refractivity contribution in [3.8, 4) is 0 Å². The first-order chi connectivity index (χ1) is 9.92. The number of hydrogen-bond acceptors (Lipinski definition) is 1. The van der Waals surface area contributed by atoms with Crippen LogP contribution in [-0.2, 0) is 4.43 Å². The molecule has 0 radical (unpaired) electrons. The molecule has 2 rings (SSSR count). The average Bonchev–Trinajstić information content (AvgIpc) is 2.53. The van der Waals surface area contributed by atoms with E-state index >= 15 is 0 Å². The molecular weight excluding hydrogens is 260 g/mol. The lowest BCUT2D eigenvalue weighted by molar-refractivity contribution is 0.331. The second kappa shape index (κ2) is 8.51. The van der Waals surface area contributed by atoms with E-state index in [1.807, 2.05) is 0 Å². The summed E-state index contributed by atoms with van der Waals surface area (Å²) in [5, 5.41) is 0. The fourth-order valence-corrected chi connectivity index (χ4v) is 3.24. The van der Waals surface area contributed by atoms with Gasteiger partial charge in [-0.2, -0.15) is 0 Å². The van der Waals surface area contributed by atoms with Gasteiger partial charge in [-0.15, -0.1) is 0 Å². The van der Waals surface area contributed by atoms with Crippen molar-refractivity contribution in [2.24, 2.45) is 0 Å². The standard InChI is InChI=1S/C18H22OSi/c1-2-3-14-19-20-15-18(16-10-6-4-7-11-16)17-12-8-5-9-13-17/h4-13,15H,2-3,14,20H2,1H3. The van der Waals surface area contributed by atoms with Gasteiger partial charge in [-0.3, -0.25) is 0 Å². The molecule has 0 fully saturated rings. The summed E-state index contributed by atoms with van der Waals surface area (Å²) < 4.78 is 5.81. The summed E-state index contributed by atoms with van der Waals surface area (Å²) in [5.74, 6) is 0. The molecular formula is C18H22OSi. The Morgan fingerprint density at radius 1 is 0.950 bits per heavy atom. The Kier molecular flexibility index (Phi) is 6.28. The molecule has 0 saturated carbocycles. The lowest BCUT2D eigenvalue weighted by Gasteiger charge is -2.09. The SMILES string of the molecule is CCCCO[SiH2]C=C(c1ccccc1)c1ccccc1. The maximum atomic E-state index is 5.81. The molecule has 0 bridgehead atoms. The summed E-state index contributed by atoms with van der Waals surface area (Å²) in [6.07, 6.45) is 2.36. The number of hydrogen-bond donors (Lipinski definition) is 0. The zero-order valence-electron chi connectivity index (χ0n) is 12.1. The van der Waals surface area contributed by atoms with Crippen molar-refractivity contribution in [2.75, 3.05) is 6.61 Å². The third-order valence-corrected chi connectivity index (χ3v) is 4.32. The average molecular weight is 282 g/mol. The van der Waals surface area contributed by atoms with E-state index in [1.165, 1.54) is 23.1 Å². The summed E-state index contributed by atoms with van der Waals surface area (Å²) >= 11 is 0. The predicted octanol–water partition coefficient (Wildman–Crippen LogP) is 3.98. The Morgan fingerprint density at radius 3 is 2.00 bits per heavy atom. The maximum Gasteiger partial charge on any atom is 0.185 e. The van der Waals surface area contributed by atoms with Gasteiger partial charge >= 0.3 is 0 Å². The minimum absolute atomic E-state index is 0.606. The summed E-state index contributed by atoms with van der Waals surface area (Å²) in [5.41, 5.74) is 6.16. The molecule has 2 heteroatoms. The Labute approximate surface area is 124 Å². The Hall–Kier alpha value is -1.64. The van der Waals surface area contributed by atoms with Crippen molar-refractivity contribution in [3.63, 3.8) is 0 Å². The molecule has 0 amide bonds. The zero-order valence-corrected chi connectivity index (χ0v) is 13.5. The molecule has 104 valence electrons. The van der Waals surface area contributed by atoms with Gasteiger partial charge in [-0.05, 0) is 23.1 Å². The van der Waals surface area contributed by atoms with Crippen LogP contribution < -0.4 is 0 Å². The molecule has 0 aliphatic rings. The van der Waals surface area contributed by atoms with Gasteiger partial charge in [-0.1, -0.05) is 79.7 Å². The molecule has 0 saturated heterocycles.